The zero-order valence-electron chi connectivity index (χ0n) is 14.7. The quantitative estimate of drug-likeness (QED) is 0.610. The summed E-state index contributed by atoms with van der Waals surface area (Å²) in [7, 11) is 0. The van der Waals surface area contributed by atoms with Gasteiger partial charge in [0, 0.05) is 22.5 Å². The van der Waals surface area contributed by atoms with Crippen LogP contribution in [0.4, 0.5) is 15.8 Å². The molecule has 0 fully saturated rings. The van der Waals surface area contributed by atoms with E-state index in [0.717, 1.165) is 33.6 Å². The van der Waals surface area contributed by atoms with Crippen LogP contribution in [0, 0.1) is 5.82 Å². The average Bonchev–Trinajstić information content (AvgIpc) is 2.68. The Morgan fingerprint density at radius 2 is 1.67 bits per heavy atom. The zero-order chi connectivity index (χ0) is 18.8. The predicted molar refractivity (Wildman–Crippen MR) is 108 cm³/mol. The molecule has 27 heavy (non-hydrogen) atoms. The summed E-state index contributed by atoms with van der Waals surface area (Å²) < 4.78 is 13.3. The molecule has 0 aliphatic carbocycles. The molecule has 0 bridgehead atoms. The maximum Gasteiger partial charge on any atom is 0.247 e. The fraction of sp³-hybridized carbons (Fsp3) is 0.0870. The van der Waals surface area contributed by atoms with Crippen LogP contribution in [0.3, 0.4) is 0 Å². The smallest absolute Gasteiger partial charge is 0.247 e. The highest BCUT2D eigenvalue weighted by molar-refractivity contribution is 6.04. The van der Waals surface area contributed by atoms with Crippen molar-refractivity contribution in [2.75, 3.05) is 10.6 Å². The Bertz CT molecular complexity index is 1010. The standard InChI is InChI=1S/C23H19FN2O/c1-2-5-22-23(27)26-21-13-10-16(15-8-11-17(24)12-9-15)14-19(21)18-6-3-4-7-20(18)25-22/h2-4,6-14,22,25H,1,5H2,(H,26,27). The first-order valence-corrected chi connectivity index (χ1v) is 8.83. The van der Waals surface area contributed by atoms with Gasteiger partial charge >= 0.3 is 0 Å². The predicted octanol–water partition coefficient (Wildman–Crippen LogP) is 5.47. The molecule has 0 aromatic heterocycles. The molecular formula is C23H19FN2O. The van der Waals surface area contributed by atoms with Crippen LogP contribution in [0.5, 0.6) is 0 Å². The minimum Gasteiger partial charge on any atom is -0.373 e. The molecule has 4 heteroatoms. The van der Waals surface area contributed by atoms with E-state index in [1.807, 2.05) is 42.5 Å². The monoisotopic (exact) mass is 358 g/mol. The Morgan fingerprint density at radius 3 is 2.44 bits per heavy atom. The van der Waals surface area contributed by atoms with Crippen molar-refractivity contribution < 1.29 is 9.18 Å². The first kappa shape index (κ1) is 17.0. The largest absolute Gasteiger partial charge is 0.373 e. The molecule has 0 radical (unpaired) electrons. The molecule has 1 aliphatic rings. The normalized spacial score (nSPS) is 15.4. The lowest BCUT2D eigenvalue weighted by Gasteiger charge is -2.25. The summed E-state index contributed by atoms with van der Waals surface area (Å²) in [6.45, 7) is 3.75. The van der Waals surface area contributed by atoms with E-state index in [4.69, 9.17) is 0 Å². The van der Waals surface area contributed by atoms with Gasteiger partial charge in [0.2, 0.25) is 5.91 Å². The summed E-state index contributed by atoms with van der Waals surface area (Å²) in [6, 6.07) is 19.8. The number of fused-ring (bicyclic) bond motifs is 3. The highest BCUT2D eigenvalue weighted by Gasteiger charge is 2.23. The first-order valence-electron chi connectivity index (χ1n) is 8.83. The van der Waals surface area contributed by atoms with E-state index >= 15 is 0 Å². The van der Waals surface area contributed by atoms with Gasteiger partial charge in [-0.05, 0) is 47.9 Å². The van der Waals surface area contributed by atoms with Gasteiger partial charge in [-0.2, -0.15) is 0 Å². The topological polar surface area (TPSA) is 41.1 Å². The third-order valence-corrected chi connectivity index (χ3v) is 4.72. The van der Waals surface area contributed by atoms with E-state index in [1.165, 1.54) is 12.1 Å². The molecule has 4 rings (SSSR count). The van der Waals surface area contributed by atoms with Crippen molar-refractivity contribution in [2.24, 2.45) is 0 Å². The fourth-order valence-corrected chi connectivity index (χ4v) is 3.35. The number of para-hydroxylation sites is 1. The molecule has 3 nitrogen and oxygen atoms in total. The van der Waals surface area contributed by atoms with E-state index in [-0.39, 0.29) is 17.8 Å². The second kappa shape index (κ2) is 7.08. The van der Waals surface area contributed by atoms with Crippen molar-refractivity contribution in [3.05, 3.63) is 85.2 Å². The molecule has 1 unspecified atom stereocenters. The van der Waals surface area contributed by atoms with Crippen molar-refractivity contribution in [3.8, 4) is 22.3 Å². The van der Waals surface area contributed by atoms with Gasteiger partial charge in [0.15, 0.2) is 0 Å². The highest BCUT2D eigenvalue weighted by Crippen LogP contribution is 2.38. The lowest BCUT2D eigenvalue weighted by molar-refractivity contribution is -0.116. The second-order valence-electron chi connectivity index (χ2n) is 6.52. The Kier molecular flexibility index (Phi) is 4.47. The van der Waals surface area contributed by atoms with Gasteiger partial charge in [-0.3, -0.25) is 4.79 Å². The van der Waals surface area contributed by atoms with E-state index < -0.39 is 0 Å². The fourth-order valence-electron chi connectivity index (χ4n) is 3.35. The van der Waals surface area contributed by atoms with Crippen molar-refractivity contribution in [1.82, 2.24) is 0 Å². The van der Waals surface area contributed by atoms with E-state index in [0.29, 0.717) is 6.42 Å². The summed E-state index contributed by atoms with van der Waals surface area (Å²) in [5.74, 6) is -0.361. The van der Waals surface area contributed by atoms with Crippen LogP contribution in [-0.2, 0) is 4.79 Å². The molecule has 1 aliphatic heterocycles. The maximum absolute atomic E-state index is 13.3. The number of halogens is 1. The zero-order valence-corrected chi connectivity index (χ0v) is 14.7. The van der Waals surface area contributed by atoms with E-state index in [2.05, 4.69) is 17.2 Å². The van der Waals surface area contributed by atoms with Gasteiger partial charge in [-0.1, -0.05) is 42.5 Å². The van der Waals surface area contributed by atoms with Crippen LogP contribution in [0.25, 0.3) is 22.3 Å². The molecule has 1 atom stereocenters. The average molecular weight is 358 g/mol. The lowest BCUT2D eigenvalue weighted by Crippen LogP contribution is -2.35. The van der Waals surface area contributed by atoms with Gasteiger partial charge in [0.25, 0.3) is 0 Å². The lowest BCUT2D eigenvalue weighted by atomic mass is 9.94. The molecule has 1 amide bonds. The second-order valence-corrected chi connectivity index (χ2v) is 6.52. The van der Waals surface area contributed by atoms with E-state index in [1.54, 1.807) is 18.2 Å². The number of carbonyl (C=O) groups is 1. The van der Waals surface area contributed by atoms with Gasteiger partial charge in [-0.25, -0.2) is 4.39 Å². The Balaban J connectivity index is 1.85. The molecule has 0 spiro atoms. The molecule has 0 saturated carbocycles. The molecule has 1 heterocycles. The SMILES string of the molecule is C=CCC1Nc2ccccc2-c2cc(-c3ccc(F)cc3)ccc2NC1=O. The molecule has 3 aromatic rings. The van der Waals surface area contributed by atoms with Crippen LogP contribution in [-0.4, -0.2) is 11.9 Å². The molecule has 2 N–H and O–H groups in total. The van der Waals surface area contributed by atoms with Crippen molar-refractivity contribution in [3.63, 3.8) is 0 Å². The minimum absolute atomic E-state index is 0.0971. The summed E-state index contributed by atoms with van der Waals surface area (Å²) in [5.41, 5.74) is 5.46. The highest BCUT2D eigenvalue weighted by atomic mass is 19.1. The summed E-state index contributed by atoms with van der Waals surface area (Å²) in [5, 5.41) is 6.34. The number of anilines is 2. The third-order valence-electron chi connectivity index (χ3n) is 4.72. The van der Waals surface area contributed by atoms with Crippen LogP contribution in [0.15, 0.2) is 79.4 Å². The van der Waals surface area contributed by atoms with Gasteiger partial charge in [0.1, 0.15) is 11.9 Å². The summed E-state index contributed by atoms with van der Waals surface area (Å²) in [4.78, 5) is 12.7. The Labute approximate surface area is 157 Å². The number of hydrogen-bond acceptors (Lipinski definition) is 2. The maximum atomic E-state index is 13.3. The van der Waals surface area contributed by atoms with Crippen molar-refractivity contribution in [1.29, 1.82) is 0 Å². The summed E-state index contributed by atoms with van der Waals surface area (Å²) >= 11 is 0. The molecule has 134 valence electrons. The number of hydrogen-bond donors (Lipinski definition) is 2. The third kappa shape index (κ3) is 3.34. The van der Waals surface area contributed by atoms with Crippen LogP contribution >= 0.6 is 0 Å². The van der Waals surface area contributed by atoms with Crippen LogP contribution < -0.4 is 10.6 Å². The van der Waals surface area contributed by atoms with Crippen LogP contribution in [0.1, 0.15) is 6.42 Å². The Hall–Kier alpha value is -3.40. The number of nitrogens with one attached hydrogen (secondary N) is 2. The summed E-state index contributed by atoms with van der Waals surface area (Å²) in [6.07, 6.45) is 2.27. The molecule has 3 aromatic carbocycles. The Morgan fingerprint density at radius 1 is 0.926 bits per heavy atom. The number of benzene rings is 3. The number of rotatable bonds is 3. The molecule has 0 saturated heterocycles. The molecular weight excluding hydrogens is 339 g/mol. The minimum atomic E-state index is -0.381. The van der Waals surface area contributed by atoms with Crippen LogP contribution in [0.2, 0.25) is 0 Å². The van der Waals surface area contributed by atoms with Crippen molar-refractivity contribution in [2.45, 2.75) is 12.5 Å². The van der Waals surface area contributed by atoms with Gasteiger partial charge in [-0.15, -0.1) is 6.58 Å². The van der Waals surface area contributed by atoms with Gasteiger partial charge in [0.05, 0.1) is 0 Å². The van der Waals surface area contributed by atoms with Gasteiger partial charge < -0.3 is 10.6 Å². The van der Waals surface area contributed by atoms with Crippen molar-refractivity contribution >= 4 is 17.3 Å². The first-order chi connectivity index (χ1) is 13.2. The number of carbonyl (C=O) groups excluding carboxylic acids is 1. The number of amides is 1. The van der Waals surface area contributed by atoms with E-state index in [9.17, 15) is 9.18 Å².